The fraction of sp³-hybridized carbons (Fsp3) is 0.235. The van der Waals surface area contributed by atoms with E-state index < -0.39 is 17.7 Å². The second-order valence-corrected chi connectivity index (χ2v) is 5.72. The Morgan fingerprint density at radius 2 is 1.70 bits per heavy atom. The van der Waals surface area contributed by atoms with Gasteiger partial charge in [-0.1, -0.05) is 12.1 Å². The first-order valence-corrected chi connectivity index (χ1v) is 7.24. The predicted molar refractivity (Wildman–Crippen MR) is 80.7 cm³/mol. The van der Waals surface area contributed by atoms with Gasteiger partial charge in [0.1, 0.15) is 5.82 Å². The number of nitrogens with one attached hydrogen (secondary N) is 2. The van der Waals surface area contributed by atoms with Gasteiger partial charge in [-0.3, -0.25) is 0 Å². The van der Waals surface area contributed by atoms with Gasteiger partial charge in [-0.25, -0.2) is 18.0 Å². The maximum atomic E-state index is 13.1. The van der Waals surface area contributed by atoms with E-state index in [4.69, 9.17) is 0 Å². The lowest BCUT2D eigenvalue weighted by Crippen LogP contribution is -2.35. The van der Waals surface area contributed by atoms with Crippen LogP contribution in [0.15, 0.2) is 42.5 Å². The number of halogens is 3. The Kier molecular flexibility index (Phi) is 3.98. The van der Waals surface area contributed by atoms with Crippen molar-refractivity contribution in [3.63, 3.8) is 0 Å². The third kappa shape index (κ3) is 3.47. The summed E-state index contributed by atoms with van der Waals surface area (Å²) in [5.41, 5.74) is 0.985. The van der Waals surface area contributed by atoms with Gasteiger partial charge in [0.2, 0.25) is 0 Å². The Morgan fingerprint density at radius 1 is 1.00 bits per heavy atom. The van der Waals surface area contributed by atoms with Crippen molar-refractivity contribution in [3.8, 4) is 0 Å². The fourth-order valence-corrected chi connectivity index (χ4v) is 2.52. The first-order chi connectivity index (χ1) is 11.0. The number of anilines is 1. The molecule has 3 nitrogen and oxygen atoms in total. The molecule has 1 aliphatic rings. The van der Waals surface area contributed by atoms with Crippen LogP contribution >= 0.6 is 0 Å². The van der Waals surface area contributed by atoms with Gasteiger partial charge in [-0.05, 0) is 42.7 Å². The molecule has 0 radical (unpaired) electrons. The molecule has 0 atom stereocenters. The molecule has 3 rings (SSSR count). The van der Waals surface area contributed by atoms with Crippen molar-refractivity contribution in [2.75, 3.05) is 11.9 Å². The average Bonchev–Trinajstić information content (AvgIpc) is 3.31. The molecule has 0 aliphatic heterocycles. The Balaban J connectivity index is 1.58. The summed E-state index contributed by atoms with van der Waals surface area (Å²) in [6.45, 7) is 0.397. The molecule has 0 spiro atoms. The van der Waals surface area contributed by atoms with Gasteiger partial charge in [0.25, 0.3) is 0 Å². The highest BCUT2D eigenvalue weighted by Crippen LogP contribution is 2.47. The van der Waals surface area contributed by atoms with Crippen molar-refractivity contribution in [1.29, 1.82) is 0 Å². The van der Waals surface area contributed by atoms with Crippen molar-refractivity contribution in [2.45, 2.75) is 18.3 Å². The lowest BCUT2D eigenvalue weighted by Gasteiger charge is -2.17. The summed E-state index contributed by atoms with van der Waals surface area (Å²) in [7, 11) is 0. The second kappa shape index (κ2) is 5.95. The van der Waals surface area contributed by atoms with Crippen LogP contribution in [0.2, 0.25) is 0 Å². The number of urea groups is 1. The van der Waals surface area contributed by atoms with Crippen LogP contribution in [0.25, 0.3) is 0 Å². The molecule has 1 saturated carbocycles. The average molecular weight is 320 g/mol. The van der Waals surface area contributed by atoms with Gasteiger partial charge >= 0.3 is 6.03 Å². The molecule has 2 amide bonds. The van der Waals surface area contributed by atoms with E-state index in [0.717, 1.165) is 30.5 Å². The summed E-state index contributed by atoms with van der Waals surface area (Å²) in [5, 5.41) is 5.18. The number of rotatable bonds is 4. The first kappa shape index (κ1) is 15.4. The zero-order valence-corrected chi connectivity index (χ0v) is 12.2. The lowest BCUT2D eigenvalue weighted by molar-refractivity contribution is 0.251. The summed E-state index contributed by atoms with van der Waals surface area (Å²) in [6, 6.07) is 8.89. The van der Waals surface area contributed by atoms with Crippen LogP contribution in [0.3, 0.4) is 0 Å². The van der Waals surface area contributed by atoms with Crippen molar-refractivity contribution in [3.05, 3.63) is 65.5 Å². The van der Waals surface area contributed by atoms with Crippen LogP contribution in [0, 0.1) is 17.5 Å². The van der Waals surface area contributed by atoms with Crippen molar-refractivity contribution < 1.29 is 18.0 Å². The number of amides is 2. The third-order valence-electron chi connectivity index (χ3n) is 4.07. The summed E-state index contributed by atoms with van der Waals surface area (Å²) >= 11 is 0. The third-order valence-corrected chi connectivity index (χ3v) is 4.07. The monoisotopic (exact) mass is 320 g/mol. The standard InChI is InChI=1S/C17H15F3N2O/c18-12-3-1-11(2-4-12)17(7-8-17)10-21-16(23)22-13-5-6-14(19)15(20)9-13/h1-6,9H,7-8,10H2,(H2,21,22,23). The highest BCUT2D eigenvalue weighted by molar-refractivity contribution is 5.89. The smallest absolute Gasteiger partial charge is 0.319 e. The van der Waals surface area contributed by atoms with E-state index in [2.05, 4.69) is 10.6 Å². The van der Waals surface area contributed by atoms with E-state index in [1.807, 2.05) is 0 Å². The van der Waals surface area contributed by atoms with Crippen molar-refractivity contribution in [2.24, 2.45) is 0 Å². The fourth-order valence-electron chi connectivity index (χ4n) is 2.52. The van der Waals surface area contributed by atoms with Crippen LogP contribution in [0.5, 0.6) is 0 Å². The Bertz CT molecular complexity index is 727. The van der Waals surface area contributed by atoms with Crippen LogP contribution in [-0.4, -0.2) is 12.6 Å². The minimum absolute atomic E-state index is 0.168. The Morgan fingerprint density at radius 3 is 2.30 bits per heavy atom. The topological polar surface area (TPSA) is 41.1 Å². The summed E-state index contributed by atoms with van der Waals surface area (Å²) in [5.74, 6) is -2.29. The van der Waals surface area contributed by atoms with E-state index in [1.165, 1.54) is 18.2 Å². The van der Waals surface area contributed by atoms with Crippen LogP contribution in [-0.2, 0) is 5.41 Å². The summed E-state index contributed by atoms with van der Waals surface area (Å²) in [6.07, 6.45) is 1.81. The Hall–Kier alpha value is -2.50. The van der Waals surface area contributed by atoms with Gasteiger partial charge in [0.15, 0.2) is 11.6 Å². The van der Waals surface area contributed by atoms with Gasteiger partial charge in [-0.2, -0.15) is 0 Å². The van der Waals surface area contributed by atoms with Gasteiger partial charge in [0, 0.05) is 23.7 Å². The predicted octanol–water partition coefficient (Wildman–Crippen LogP) is 3.96. The number of hydrogen-bond acceptors (Lipinski definition) is 1. The molecule has 0 aromatic heterocycles. The molecular weight excluding hydrogens is 305 g/mol. The molecule has 2 aromatic rings. The van der Waals surface area contributed by atoms with E-state index >= 15 is 0 Å². The SMILES string of the molecule is O=C(NCC1(c2ccc(F)cc2)CC1)Nc1ccc(F)c(F)c1. The molecule has 0 unspecified atom stereocenters. The van der Waals surface area contributed by atoms with Crippen LogP contribution < -0.4 is 10.6 Å². The van der Waals surface area contributed by atoms with E-state index in [-0.39, 0.29) is 16.9 Å². The number of carbonyl (C=O) groups excluding carboxylic acids is 1. The molecule has 0 saturated heterocycles. The van der Waals surface area contributed by atoms with Gasteiger partial charge in [0.05, 0.1) is 0 Å². The number of hydrogen-bond donors (Lipinski definition) is 2. The quantitative estimate of drug-likeness (QED) is 0.880. The number of carbonyl (C=O) groups is 1. The second-order valence-electron chi connectivity index (χ2n) is 5.72. The molecule has 1 fully saturated rings. The van der Waals surface area contributed by atoms with E-state index in [0.29, 0.717) is 6.54 Å². The normalized spacial score (nSPS) is 15.1. The summed E-state index contributed by atoms with van der Waals surface area (Å²) in [4.78, 5) is 11.9. The van der Waals surface area contributed by atoms with Crippen molar-refractivity contribution in [1.82, 2.24) is 5.32 Å². The highest BCUT2D eigenvalue weighted by atomic mass is 19.2. The maximum absolute atomic E-state index is 13.1. The molecule has 120 valence electrons. The zero-order valence-electron chi connectivity index (χ0n) is 12.2. The minimum Gasteiger partial charge on any atom is -0.337 e. The molecular formula is C17H15F3N2O. The summed E-state index contributed by atoms with van der Waals surface area (Å²) < 4.78 is 38.9. The molecule has 0 heterocycles. The maximum Gasteiger partial charge on any atom is 0.319 e. The lowest BCUT2D eigenvalue weighted by atomic mass is 9.96. The largest absolute Gasteiger partial charge is 0.337 e. The van der Waals surface area contributed by atoms with Crippen molar-refractivity contribution >= 4 is 11.7 Å². The minimum atomic E-state index is -1.02. The molecule has 23 heavy (non-hydrogen) atoms. The van der Waals surface area contributed by atoms with Gasteiger partial charge in [-0.15, -0.1) is 0 Å². The molecule has 2 aromatic carbocycles. The molecule has 6 heteroatoms. The molecule has 0 bridgehead atoms. The molecule has 1 aliphatic carbocycles. The first-order valence-electron chi connectivity index (χ1n) is 7.24. The Labute approximate surface area is 131 Å². The van der Waals surface area contributed by atoms with E-state index in [1.54, 1.807) is 12.1 Å². The van der Waals surface area contributed by atoms with Crippen LogP contribution in [0.1, 0.15) is 18.4 Å². The molecule has 2 N–H and O–H groups in total. The van der Waals surface area contributed by atoms with Gasteiger partial charge < -0.3 is 10.6 Å². The highest BCUT2D eigenvalue weighted by Gasteiger charge is 2.44. The van der Waals surface area contributed by atoms with Crippen LogP contribution in [0.4, 0.5) is 23.7 Å². The number of benzene rings is 2. The zero-order chi connectivity index (χ0) is 16.4. The van der Waals surface area contributed by atoms with E-state index in [9.17, 15) is 18.0 Å².